The summed E-state index contributed by atoms with van der Waals surface area (Å²) in [5, 5.41) is 0. The van der Waals surface area contributed by atoms with Gasteiger partial charge in [-0.3, -0.25) is 4.79 Å². The lowest BCUT2D eigenvalue weighted by molar-refractivity contribution is -0.0228. The maximum Gasteiger partial charge on any atom is 0.255 e. The van der Waals surface area contributed by atoms with Gasteiger partial charge in [0, 0.05) is 18.8 Å². The van der Waals surface area contributed by atoms with Gasteiger partial charge in [-0.1, -0.05) is 26.0 Å². The lowest BCUT2D eigenvalue weighted by Gasteiger charge is -2.33. The van der Waals surface area contributed by atoms with Crippen LogP contribution in [0.2, 0.25) is 0 Å². The molecule has 6 heteroatoms. The van der Waals surface area contributed by atoms with Crippen molar-refractivity contribution >= 4 is 5.91 Å². The molecule has 3 rings (SSSR count). The van der Waals surface area contributed by atoms with Crippen molar-refractivity contribution in [3.05, 3.63) is 59.5 Å². The smallest absolute Gasteiger partial charge is 0.255 e. The molecule has 5 nitrogen and oxygen atoms in total. The first kappa shape index (κ1) is 18.3. The number of halogens is 1. The van der Waals surface area contributed by atoms with E-state index in [-0.39, 0.29) is 17.8 Å². The standard InChI is InChI=1S/C20H23FN2O3/c1-14(2)13-26-19-8-5-16(11-22-19)20(24)23-9-10-25-18(12-23)15-3-6-17(21)7-4-15/h3-8,11,14,18H,9-10,12-13H2,1-2H3/t18-/m0/s1. The number of carbonyl (C=O) groups is 1. The molecule has 1 aliphatic rings. The monoisotopic (exact) mass is 358 g/mol. The number of morpholine rings is 1. The number of pyridine rings is 1. The van der Waals surface area contributed by atoms with Gasteiger partial charge in [0.1, 0.15) is 11.9 Å². The van der Waals surface area contributed by atoms with Gasteiger partial charge in [0.15, 0.2) is 0 Å². The number of amides is 1. The Morgan fingerprint density at radius 3 is 2.73 bits per heavy atom. The van der Waals surface area contributed by atoms with Crippen LogP contribution in [0.3, 0.4) is 0 Å². The Balaban J connectivity index is 1.64. The third-order valence-electron chi connectivity index (χ3n) is 4.14. The SMILES string of the molecule is CC(C)COc1ccc(C(=O)N2CCO[C@H](c3ccc(F)cc3)C2)cn1. The number of benzene rings is 1. The highest BCUT2D eigenvalue weighted by atomic mass is 19.1. The van der Waals surface area contributed by atoms with Crippen LogP contribution >= 0.6 is 0 Å². The molecule has 1 amide bonds. The van der Waals surface area contributed by atoms with Crippen molar-refractivity contribution in [2.75, 3.05) is 26.3 Å². The molecule has 0 N–H and O–H groups in total. The van der Waals surface area contributed by atoms with Crippen LogP contribution in [0.5, 0.6) is 5.88 Å². The number of hydrogen-bond acceptors (Lipinski definition) is 4. The van der Waals surface area contributed by atoms with Gasteiger partial charge in [0.25, 0.3) is 5.91 Å². The molecule has 0 saturated carbocycles. The molecule has 1 aromatic carbocycles. The first-order chi connectivity index (χ1) is 12.5. The first-order valence-corrected chi connectivity index (χ1v) is 8.78. The zero-order chi connectivity index (χ0) is 18.5. The van der Waals surface area contributed by atoms with Crippen molar-refractivity contribution in [3.8, 4) is 5.88 Å². The maximum atomic E-state index is 13.1. The summed E-state index contributed by atoms with van der Waals surface area (Å²) in [6.45, 7) is 6.10. The average Bonchev–Trinajstić information content (AvgIpc) is 2.67. The van der Waals surface area contributed by atoms with Crippen molar-refractivity contribution in [1.82, 2.24) is 9.88 Å². The van der Waals surface area contributed by atoms with E-state index in [1.165, 1.54) is 12.1 Å². The van der Waals surface area contributed by atoms with E-state index in [1.807, 2.05) is 0 Å². The molecule has 0 spiro atoms. The minimum Gasteiger partial charge on any atom is -0.477 e. The zero-order valence-electron chi connectivity index (χ0n) is 15.0. The summed E-state index contributed by atoms with van der Waals surface area (Å²) in [6, 6.07) is 9.63. The minimum absolute atomic E-state index is 0.0941. The van der Waals surface area contributed by atoms with Crippen molar-refractivity contribution < 1.29 is 18.7 Å². The summed E-state index contributed by atoms with van der Waals surface area (Å²) in [5.41, 5.74) is 1.38. The van der Waals surface area contributed by atoms with Crippen LogP contribution in [0.4, 0.5) is 4.39 Å². The number of nitrogens with zero attached hydrogens (tertiary/aromatic N) is 2. The van der Waals surface area contributed by atoms with Gasteiger partial charge in [-0.15, -0.1) is 0 Å². The third kappa shape index (κ3) is 4.58. The van der Waals surface area contributed by atoms with Gasteiger partial charge in [-0.25, -0.2) is 9.37 Å². The van der Waals surface area contributed by atoms with E-state index >= 15 is 0 Å². The number of aromatic nitrogens is 1. The number of rotatable bonds is 5. The van der Waals surface area contributed by atoms with Crippen molar-refractivity contribution in [1.29, 1.82) is 0 Å². The molecule has 2 heterocycles. The van der Waals surface area contributed by atoms with Gasteiger partial charge in [-0.05, 0) is 29.7 Å². The Labute approximate surface area is 152 Å². The largest absolute Gasteiger partial charge is 0.477 e. The molecule has 1 aromatic heterocycles. The van der Waals surface area contributed by atoms with E-state index in [0.717, 1.165) is 5.56 Å². The Hall–Kier alpha value is -2.47. The van der Waals surface area contributed by atoms with Crippen LogP contribution in [-0.2, 0) is 4.74 Å². The average molecular weight is 358 g/mol. The summed E-state index contributed by atoms with van der Waals surface area (Å²) in [7, 11) is 0. The predicted molar refractivity (Wildman–Crippen MR) is 95.6 cm³/mol. The van der Waals surface area contributed by atoms with E-state index in [0.29, 0.717) is 43.7 Å². The fraction of sp³-hybridized carbons (Fsp3) is 0.400. The van der Waals surface area contributed by atoms with Crippen LogP contribution in [-0.4, -0.2) is 42.1 Å². The number of carbonyl (C=O) groups excluding carboxylic acids is 1. The molecule has 26 heavy (non-hydrogen) atoms. The molecule has 138 valence electrons. The number of ether oxygens (including phenoxy) is 2. The summed E-state index contributed by atoms with van der Waals surface area (Å²) < 4.78 is 24.4. The topological polar surface area (TPSA) is 51.7 Å². The summed E-state index contributed by atoms with van der Waals surface area (Å²) in [4.78, 5) is 18.7. The second-order valence-electron chi connectivity index (χ2n) is 6.75. The molecule has 1 atom stereocenters. The van der Waals surface area contributed by atoms with Crippen LogP contribution in [0.1, 0.15) is 35.9 Å². The second-order valence-corrected chi connectivity index (χ2v) is 6.75. The zero-order valence-corrected chi connectivity index (χ0v) is 15.0. The van der Waals surface area contributed by atoms with Crippen molar-refractivity contribution in [3.63, 3.8) is 0 Å². The van der Waals surface area contributed by atoms with Gasteiger partial charge in [0.05, 0.1) is 25.3 Å². The quantitative estimate of drug-likeness (QED) is 0.821. The predicted octanol–water partition coefficient (Wildman–Crippen LogP) is 3.47. The molecule has 0 radical (unpaired) electrons. The summed E-state index contributed by atoms with van der Waals surface area (Å²) in [5.74, 6) is 0.544. The number of hydrogen-bond donors (Lipinski definition) is 0. The Bertz CT molecular complexity index is 732. The Morgan fingerprint density at radius 1 is 1.31 bits per heavy atom. The van der Waals surface area contributed by atoms with Gasteiger partial charge in [0.2, 0.25) is 5.88 Å². The van der Waals surface area contributed by atoms with Gasteiger partial charge < -0.3 is 14.4 Å². The molecule has 1 fully saturated rings. The van der Waals surface area contributed by atoms with E-state index in [2.05, 4.69) is 18.8 Å². The van der Waals surface area contributed by atoms with Crippen molar-refractivity contribution in [2.45, 2.75) is 20.0 Å². The fourth-order valence-electron chi connectivity index (χ4n) is 2.74. The molecule has 1 saturated heterocycles. The molecular weight excluding hydrogens is 335 g/mol. The Kier molecular flexibility index (Phi) is 5.83. The fourth-order valence-corrected chi connectivity index (χ4v) is 2.74. The van der Waals surface area contributed by atoms with Crippen LogP contribution in [0.25, 0.3) is 0 Å². The van der Waals surface area contributed by atoms with Gasteiger partial charge in [-0.2, -0.15) is 0 Å². The lowest BCUT2D eigenvalue weighted by Crippen LogP contribution is -2.42. The normalized spacial score (nSPS) is 17.4. The van der Waals surface area contributed by atoms with E-state index in [1.54, 1.807) is 35.4 Å². The van der Waals surface area contributed by atoms with Crippen LogP contribution < -0.4 is 4.74 Å². The highest BCUT2D eigenvalue weighted by Gasteiger charge is 2.26. The lowest BCUT2D eigenvalue weighted by atomic mass is 10.1. The molecule has 0 bridgehead atoms. The molecule has 2 aromatic rings. The van der Waals surface area contributed by atoms with Gasteiger partial charge >= 0.3 is 0 Å². The van der Waals surface area contributed by atoms with E-state index in [9.17, 15) is 9.18 Å². The maximum absolute atomic E-state index is 13.1. The van der Waals surface area contributed by atoms with Crippen LogP contribution in [0, 0.1) is 11.7 Å². The summed E-state index contributed by atoms with van der Waals surface area (Å²) >= 11 is 0. The molecule has 0 aliphatic carbocycles. The van der Waals surface area contributed by atoms with E-state index in [4.69, 9.17) is 9.47 Å². The molecule has 0 unspecified atom stereocenters. The Morgan fingerprint density at radius 2 is 2.08 bits per heavy atom. The molecule has 1 aliphatic heterocycles. The van der Waals surface area contributed by atoms with E-state index < -0.39 is 0 Å². The first-order valence-electron chi connectivity index (χ1n) is 8.78. The highest BCUT2D eigenvalue weighted by molar-refractivity contribution is 5.94. The second kappa shape index (κ2) is 8.27. The summed E-state index contributed by atoms with van der Waals surface area (Å²) in [6.07, 6.45) is 1.29. The highest BCUT2D eigenvalue weighted by Crippen LogP contribution is 2.23. The molecular formula is C20H23FN2O3. The van der Waals surface area contributed by atoms with Crippen LogP contribution in [0.15, 0.2) is 42.6 Å². The minimum atomic E-state index is -0.289. The van der Waals surface area contributed by atoms with Crippen molar-refractivity contribution in [2.24, 2.45) is 5.92 Å². The third-order valence-corrected chi connectivity index (χ3v) is 4.14.